The maximum absolute atomic E-state index is 5.16. The Balaban J connectivity index is 1.55. The molecule has 7 aromatic rings. The Labute approximate surface area is 184 Å². The Morgan fingerprint density at radius 3 is 1.47 bits per heavy atom. The van der Waals surface area contributed by atoms with Crippen molar-refractivity contribution < 1.29 is 0 Å². The number of fused-ring (bicyclic) bond motifs is 6. The maximum Gasteiger partial charge on any atom is 0.140 e. The molecule has 3 aromatic carbocycles. The molecule has 0 amide bonds. The van der Waals surface area contributed by atoms with Crippen LogP contribution in [0.4, 0.5) is 0 Å². The molecule has 0 aliphatic carbocycles. The minimum absolute atomic E-state index is 0.891. The molecule has 150 valence electrons. The third-order valence-electron chi connectivity index (χ3n) is 6.23. The Morgan fingerprint density at radius 1 is 0.438 bits per heavy atom. The molecule has 0 bridgehead atoms. The molecule has 0 aliphatic rings. The first-order valence-electron chi connectivity index (χ1n) is 10.7. The van der Waals surface area contributed by atoms with Crippen LogP contribution in [0.2, 0.25) is 0 Å². The summed E-state index contributed by atoms with van der Waals surface area (Å²) < 4.78 is 4.48. The van der Waals surface area contributed by atoms with Crippen LogP contribution in [0.1, 0.15) is 0 Å². The van der Waals surface area contributed by atoms with E-state index in [4.69, 9.17) is 4.98 Å². The molecule has 0 radical (unpaired) electrons. The fourth-order valence-corrected chi connectivity index (χ4v) is 4.89. The Hall–Kier alpha value is -4.44. The van der Waals surface area contributed by atoms with Gasteiger partial charge in [0, 0.05) is 33.9 Å². The van der Waals surface area contributed by atoms with Crippen molar-refractivity contribution in [2.45, 2.75) is 0 Å². The van der Waals surface area contributed by atoms with Gasteiger partial charge in [0.15, 0.2) is 0 Å². The third kappa shape index (κ3) is 2.32. The van der Waals surface area contributed by atoms with Gasteiger partial charge >= 0.3 is 0 Å². The summed E-state index contributed by atoms with van der Waals surface area (Å²) in [6.07, 6.45) is 3.78. The second kappa shape index (κ2) is 6.53. The van der Waals surface area contributed by atoms with Crippen molar-refractivity contribution in [3.63, 3.8) is 0 Å². The van der Waals surface area contributed by atoms with Gasteiger partial charge in [-0.1, -0.05) is 60.7 Å². The van der Waals surface area contributed by atoms with E-state index in [1.165, 1.54) is 16.2 Å². The fourth-order valence-electron chi connectivity index (χ4n) is 4.89. The van der Waals surface area contributed by atoms with E-state index in [2.05, 4.69) is 111 Å². The normalized spacial score (nSPS) is 11.8. The first kappa shape index (κ1) is 17.3. The van der Waals surface area contributed by atoms with E-state index in [0.29, 0.717) is 0 Å². The van der Waals surface area contributed by atoms with E-state index in [0.717, 1.165) is 39.1 Å². The SMILES string of the molecule is c1cc(-n2c3ccccc3c3ccccc32)nc(-n2c3ccccc3c3cnccc32)c1. The summed E-state index contributed by atoms with van der Waals surface area (Å²) in [5.74, 6) is 1.79. The van der Waals surface area contributed by atoms with Crippen molar-refractivity contribution >= 4 is 43.6 Å². The monoisotopic (exact) mass is 410 g/mol. The number of rotatable bonds is 2. The summed E-state index contributed by atoms with van der Waals surface area (Å²) in [7, 11) is 0. The van der Waals surface area contributed by atoms with Crippen molar-refractivity contribution in [2.75, 3.05) is 0 Å². The van der Waals surface area contributed by atoms with Gasteiger partial charge < -0.3 is 0 Å². The molecule has 0 unspecified atom stereocenters. The Kier molecular flexibility index (Phi) is 3.52. The molecular weight excluding hydrogens is 392 g/mol. The third-order valence-corrected chi connectivity index (χ3v) is 6.23. The lowest BCUT2D eigenvalue weighted by atomic mass is 10.2. The molecule has 4 heteroatoms. The molecule has 4 aromatic heterocycles. The minimum Gasteiger partial charge on any atom is -0.294 e. The predicted molar refractivity (Wildman–Crippen MR) is 131 cm³/mol. The molecule has 0 saturated heterocycles. The molecule has 4 heterocycles. The maximum atomic E-state index is 5.16. The van der Waals surface area contributed by atoms with E-state index in [1.807, 2.05) is 12.4 Å². The lowest BCUT2D eigenvalue weighted by Gasteiger charge is -2.11. The van der Waals surface area contributed by atoms with Crippen LogP contribution in [0.15, 0.2) is 109 Å². The summed E-state index contributed by atoms with van der Waals surface area (Å²) >= 11 is 0. The highest BCUT2D eigenvalue weighted by Crippen LogP contribution is 2.33. The van der Waals surface area contributed by atoms with Gasteiger partial charge in [0.05, 0.1) is 22.1 Å². The van der Waals surface area contributed by atoms with Gasteiger partial charge in [-0.05, 0) is 36.4 Å². The van der Waals surface area contributed by atoms with E-state index >= 15 is 0 Å². The van der Waals surface area contributed by atoms with Gasteiger partial charge in [0.2, 0.25) is 0 Å². The molecule has 7 rings (SSSR count). The highest BCUT2D eigenvalue weighted by atomic mass is 15.1. The van der Waals surface area contributed by atoms with Gasteiger partial charge in [-0.25, -0.2) is 4.98 Å². The summed E-state index contributed by atoms with van der Waals surface area (Å²) in [4.78, 5) is 9.52. The Morgan fingerprint density at radius 2 is 0.906 bits per heavy atom. The zero-order chi connectivity index (χ0) is 21.1. The topological polar surface area (TPSA) is 35.6 Å². The summed E-state index contributed by atoms with van der Waals surface area (Å²) in [6, 6.07) is 33.8. The van der Waals surface area contributed by atoms with E-state index < -0.39 is 0 Å². The number of aromatic nitrogens is 4. The first-order chi connectivity index (χ1) is 15.9. The largest absolute Gasteiger partial charge is 0.294 e. The van der Waals surface area contributed by atoms with Crippen LogP contribution in [0.25, 0.3) is 55.2 Å². The lowest BCUT2D eigenvalue weighted by Crippen LogP contribution is -2.03. The molecule has 0 spiro atoms. The standard InChI is InChI=1S/C28H18N4/c1-4-11-23-19(8-1)20-9-2-5-12-24(20)31(23)27-14-7-15-28(30-27)32-25-13-6-3-10-21(25)22-18-29-17-16-26(22)32/h1-18H. The molecule has 32 heavy (non-hydrogen) atoms. The highest BCUT2D eigenvalue weighted by Gasteiger charge is 2.15. The molecule has 0 aliphatic heterocycles. The highest BCUT2D eigenvalue weighted by molar-refractivity contribution is 6.10. The van der Waals surface area contributed by atoms with Gasteiger partial charge in [-0.2, -0.15) is 0 Å². The van der Waals surface area contributed by atoms with E-state index in [9.17, 15) is 0 Å². The molecular formula is C28H18N4. The summed E-state index contributed by atoms with van der Waals surface area (Å²) in [5, 5.41) is 4.78. The van der Waals surface area contributed by atoms with Crippen LogP contribution in [-0.2, 0) is 0 Å². The van der Waals surface area contributed by atoms with Crippen molar-refractivity contribution in [3.05, 3.63) is 109 Å². The van der Waals surface area contributed by atoms with Crippen LogP contribution in [-0.4, -0.2) is 19.1 Å². The molecule has 0 N–H and O–H groups in total. The number of hydrogen-bond donors (Lipinski definition) is 0. The van der Waals surface area contributed by atoms with Crippen LogP contribution >= 0.6 is 0 Å². The van der Waals surface area contributed by atoms with Crippen LogP contribution in [0, 0.1) is 0 Å². The zero-order valence-corrected chi connectivity index (χ0v) is 17.2. The predicted octanol–water partition coefficient (Wildman–Crippen LogP) is 6.67. The van der Waals surface area contributed by atoms with Crippen molar-refractivity contribution in [1.29, 1.82) is 0 Å². The number of hydrogen-bond acceptors (Lipinski definition) is 2. The Bertz CT molecular complexity index is 1550. The summed E-state index contributed by atoms with van der Waals surface area (Å²) in [5.41, 5.74) is 4.55. The average molecular weight is 410 g/mol. The van der Waals surface area contributed by atoms with Gasteiger partial charge in [-0.15, -0.1) is 0 Å². The molecule has 0 fully saturated rings. The van der Waals surface area contributed by atoms with E-state index in [-0.39, 0.29) is 0 Å². The quantitative estimate of drug-likeness (QED) is 0.319. The molecule has 0 atom stereocenters. The van der Waals surface area contributed by atoms with E-state index in [1.54, 1.807) is 0 Å². The molecule has 4 nitrogen and oxygen atoms in total. The smallest absolute Gasteiger partial charge is 0.140 e. The van der Waals surface area contributed by atoms with Crippen molar-refractivity contribution in [1.82, 2.24) is 19.1 Å². The van der Waals surface area contributed by atoms with Crippen molar-refractivity contribution in [2.24, 2.45) is 0 Å². The number of para-hydroxylation sites is 3. The average Bonchev–Trinajstić information content (AvgIpc) is 3.37. The number of pyridine rings is 2. The first-order valence-corrected chi connectivity index (χ1v) is 10.7. The second-order valence-corrected chi connectivity index (χ2v) is 7.97. The zero-order valence-electron chi connectivity index (χ0n) is 17.2. The lowest BCUT2D eigenvalue weighted by molar-refractivity contribution is 1.01. The minimum atomic E-state index is 0.891. The molecule has 0 saturated carbocycles. The van der Waals surface area contributed by atoms with Crippen molar-refractivity contribution in [3.8, 4) is 11.6 Å². The van der Waals surface area contributed by atoms with Gasteiger partial charge in [0.25, 0.3) is 0 Å². The number of benzene rings is 3. The van der Waals surface area contributed by atoms with Gasteiger partial charge in [-0.3, -0.25) is 14.1 Å². The summed E-state index contributed by atoms with van der Waals surface area (Å²) in [6.45, 7) is 0. The fraction of sp³-hybridized carbons (Fsp3) is 0. The van der Waals surface area contributed by atoms with Crippen LogP contribution < -0.4 is 0 Å². The van der Waals surface area contributed by atoms with Crippen LogP contribution in [0.3, 0.4) is 0 Å². The number of nitrogens with zero attached hydrogens (tertiary/aromatic N) is 4. The van der Waals surface area contributed by atoms with Crippen LogP contribution in [0.5, 0.6) is 0 Å². The second-order valence-electron chi connectivity index (χ2n) is 7.97. The van der Waals surface area contributed by atoms with Gasteiger partial charge in [0.1, 0.15) is 11.6 Å².